The second-order valence-electron chi connectivity index (χ2n) is 2.24. The van der Waals surface area contributed by atoms with E-state index in [0.29, 0.717) is 5.56 Å². The molecule has 0 spiro atoms. The van der Waals surface area contributed by atoms with Crippen molar-refractivity contribution in [2.24, 2.45) is 0 Å². The van der Waals surface area contributed by atoms with Gasteiger partial charge in [0, 0.05) is 5.56 Å². The highest BCUT2D eigenvalue weighted by Crippen LogP contribution is 2.35. The number of aromatic hydroxyl groups is 2. The Balaban J connectivity index is 3.19. The molecule has 0 heterocycles. The molecule has 1 aromatic carbocycles. The summed E-state index contributed by atoms with van der Waals surface area (Å²) in [7, 11) is 0. The second-order valence-corrected chi connectivity index (χ2v) is 2.65. The summed E-state index contributed by atoms with van der Waals surface area (Å²) < 4.78 is 0. The van der Waals surface area contributed by atoms with E-state index in [1.54, 1.807) is 0 Å². The summed E-state index contributed by atoms with van der Waals surface area (Å²) in [5, 5.41) is 26.8. The summed E-state index contributed by atoms with van der Waals surface area (Å²) in [6, 6.07) is 4.79. The SMILES string of the molecule is N#CCc1ccc(Cl)c(O)c1O. The van der Waals surface area contributed by atoms with E-state index in [9.17, 15) is 5.11 Å². The molecule has 12 heavy (non-hydrogen) atoms. The quantitative estimate of drug-likeness (QED) is 0.653. The van der Waals surface area contributed by atoms with Crippen molar-refractivity contribution in [3.8, 4) is 17.6 Å². The molecule has 1 aromatic rings. The molecule has 0 radical (unpaired) electrons. The number of nitriles is 1. The van der Waals surface area contributed by atoms with Crippen molar-refractivity contribution < 1.29 is 10.2 Å². The highest BCUT2D eigenvalue weighted by Gasteiger charge is 2.08. The van der Waals surface area contributed by atoms with Gasteiger partial charge in [0.2, 0.25) is 0 Å². The maximum Gasteiger partial charge on any atom is 0.176 e. The Labute approximate surface area is 74.4 Å². The van der Waals surface area contributed by atoms with Gasteiger partial charge in [-0.05, 0) is 6.07 Å². The van der Waals surface area contributed by atoms with Crippen LogP contribution in [0.15, 0.2) is 12.1 Å². The number of phenolic OH excluding ortho intramolecular Hbond substituents is 2. The van der Waals surface area contributed by atoms with Crippen molar-refractivity contribution in [3.05, 3.63) is 22.7 Å². The Bertz CT molecular complexity index is 344. The number of hydrogen-bond donors (Lipinski definition) is 2. The molecule has 1 rings (SSSR count). The molecule has 4 heteroatoms. The van der Waals surface area contributed by atoms with E-state index in [1.165, 1.54) is 12.1 Å². The lowest BCUT2D eigenvalue weighted by Gasteiger charge is -2.03. The second kappa shape index (κ2) is 3.33. The van der Waals surface area contributed by atoms with Crippen LogP contribution in [0.4, 0.5) is 0 Å². The first-order chi connectivity index (χ1) is 5.66. The maximum absolute atomic E-state index is 9.22. The Morgan fingerprint density at radius 1 is 1.33 bits per heavy atom. The van der Waals surface area contributed by atoms with Crippen molar-refractivity contribution in [3.63, 3.8) is 0 Å². The molecule has 0 bridgehead atoms. The highest BCUT2D eigenvalue weighted by molar-refractivity contribution is 6.32. The lowest BCUT2D eigenvalue weighted by atomic mass is 10.1. The molecule has 0 aromatic heterocycles. The van der Waals surface area contributed by atoms with Crippen LogP contribution >= 0.6 is 11.6 Å². The zero-order valence-electron chi connectivity index (χ0n) is 6.08. The average molecular weight is 184 g/mol. The summed E-state index contributed by atoms with van der Waals surface area (Å²) >= 11 is 5.49. The minimum Gasteiger partial charge on any atom is -0.504 e. The zero-order chi connectivity index (χ0) is 9.14. The summed E-state index contributed by atoms with van der Waals surface area (Å²) in [5.41, 5.74) is 0.374. The molecule has 0 atom stereocenters. The molecule has 3 nitrogen and oxygen atoms in total. The Morgan fingerprint density at radius 3 is 2.58 bits per heavy atom. The third kappa shape index (κ3) is 1.44. The molecule has 0 saturated carbocycles. The molecule has 0 aliphatic heterocycles. The van der Waals surface area contributed by atoms with Crippen molar-refractivity contribution >= 4 is 11.6 Å². The van der Waals surface area contributed by atoms with Crippen molar-refractivity contribution in [2.75, 3.05) is 0 Å². The van der Waals surface area contributed by atoms with Gasteiger partial charge in [0.05, 0.1) is 17.5 Å². The van der Waals surface area contributed by atoms with Gasteiger partial charge in [-0.2, -0.15) is 5.26 Å². The van der Waals surface area contributed by atoms with E-state index in [1.807, 2.05) is 6.07 Å². The number of nitrogens with zero attached hydrogens (tertiary/aromatic N) is 1. The molecular weight excluding hydrogens is 178 g/mol. The van der Waals surface area contributed by atoms with Gasteiger partial charge >= 0.3 is 0 Å². The van der Waals surface area contributed by atoms with E-state index >= 15 is 0 Å². The predicted molar refractivity (Wildman–Crippen MR) is 44.1 cm³/mol. The molecule has 0 fully saturated rings. The third-order valence-electron chi connectivity index (χ3n) is 1.46. The third-order valence-corrected chi connectivity index (χ3v) is 1.76. The van der Waals surface area contributed by atoms with Crippen LogP contribution in [0.1, 0.15) is 5.56 Å². The Hall–Kier alpha value is -1.40. The van der Waals surface area contributed by atoms with Crippen LogP contribution in [0.5, 0.6) is 11.5 Å². The lowest BCUT2D eigenvalue weighted by Crippen LogP contribution is -1.83. The van der Waals surface area contributed by atoms with Gasteiger partial charge in [0.25, 0.3) is 0 Å². The normalized spacial score (nSPS) is 9.33. The van der Waals surface area contributed by atoms with Crippen molar-refractivity contribution in [1.29, 1.82) is 5.26 Å². The van der Waals surface area contributed by atoms with E-state index in [4.69, 9.17) is 22.0 Å². The fourth-order valence-electron chi connectivity index (χ4n) is 0.825. The molecule has 62 valence electrons. The van der Waals surface area contributed by atoms with Crippen LogP contribution < -0.4 is 0 Å². The molecule has 0 aliphatic rings. The maximum atomic E-state index is 9.22. The number of halogens is 1. The Morgan fingerprint density at radius 2 is 2.00 bits per heavy atom. The molecule has 0 saturated heterocycles. The van der Waals surface area contributed by atoms with E-state index in [0.717, 1.165) is 0 Å². The topological polar surface area (TPSA) is 64.2 Å². The van der Waals surface area contributed by atoms with Gasteiger partial charge in [-0.25, -0.2) is 0 Å². The number of benzene rings is 1. The minimum absolute atomic E-state index is 0.0521. The standard InChI is InChI=1S/C8H6ClNO2/c9-6-2-1-5(3-4-10)7(11)8(6)12/h1-2,11-12H,3H2. The first-order valence-electron chi connectivity index (χ1n) is 3.23. The van der Waals surface area contributed by atoms with Crippen LogP contribution in [-0.2, 0) is 6.42 Å². The van der Waals surface area contributed by atoms with Gasteiger partial charge in [0.15, 0.2) is 11.5 Å². The van der Waals surface area contributed by atoms with Gasteiger partial charge in [-0.15, -0.1) is 0 Å². The van der Waals surface area contributed by atoms with Crippen LogP contribution in [-0.4, -0.2) is 10.2 Å². The zero-order valence-corrected chi connectivity index (χ0v) is 6.84. The molecular formula is C8H6ClNO2. The van der Waals surface area contributed by atoms with Gasteiger partial charge in [-0.1, -0.05) is 17.7 Å². The van der Waals surface area contributed by atoms with Gasteiger partial charge < -0.3 is 10.2 Å². The monoisotopic (exact) mass is 183 g/mol. The van der Waals surface area contributed by atoms with Crippen LogP contribution in [0.3, 0.4) is 0 Å². The average Bonchev–Trinajstić information content (AvgIpc) is 2.07. The highest BCUT2D eigenvalue weighted by atomic mass is 35.5. The van der Waals surface area contributed by atoms with Crippen LogP contribution in [0, 0.1) is 11.3 Å². The minimum atomic E-state index is -0.371. The van der Waals surface area contributed by atoms with E-state index in [-0.39, 0.29) is 22.9 Å². The van der Waals surface area contributed by atoms with Gasteiger partial charge in [-0.3, -0.25) is 0 Å². The summed E-state index contributed by atoms with van der Waals surface area (Å²) in [4.78, 5) is 0. The largest absolute Gasteiger partial charge is 0.504 e. The number of phenols is 2. The fraction of sp³-hybridized carbons (Fsp3) is 0.125. The molecule has 0 amide bonds. The molecule has 0 unspecified atom stereocenters. The van der Waals surface area contributed by atoms with Crippen molar-refractivity contribution in [1.82, 2.24) is 0 Å². The predicted octanol–water partition coefficient (Wildman–Crippen LogP) is 1.82. The van der Waals surface area contributed by atoms with Crippen molar-refractivity contribution in [2.45, 2.75) is 6.42 Å². The molecule has 2 N–H and O–H groups in total. The van der Waals surface area contributed by atoms with E-state index in [2.05, 4.69) is 0 Å². The smallest absolute Gasteiger partial charge is 0.176 e. The van der Waals surface area contributed by atoms with Crippen LogP contribution in [0.2, 0.25) is 5.02 Å². The number of rotatable bonds is 1. The fourth-order valence-corrected chi connectivity index (χ4v) is 0.977. The lowest BCUT2D eigenvalue weighted by molar-refractivity contribution is 0.400. The van der Waals surface area contributed by atoms with Crippen LogP contribution in [0.25, 0.3) is 0 Å². The summed E-state index contributed by atoms with van der Waals surface area (Å²) in [6.45, 7) is 0. The first kappa shape index (κ1) is 8.69. The molecule has 0 aliphatic carbocycles. The summed E-state index contributed by atoms with van der Waals surface area (Å²) in [5.74, 6) is -0.687. The Kier molecular flexibility index (Phi) is 2.41. The number of hydrogen-bond acceptors (Lipinski definition) is 3. The first-order valence-corrected chi connectivity index (χ1v) is 3.61. The summed E-state index contributed by atoms with van der Waals surface area (Å²) in [6.07, 6.45) is 0.0521. The van der Waals surface area contributed by atoms with Gasteiger partial charge in [0.1, 0.15) is 0 Å². The van der Waals surface area contributed by atoms with E-state index < -0.39 is 0 Å².